The molecule has 2 fully saturated rings. The number of ether oxygens (including phenoxy) is 1. The third-order valence-electron chi connectivity index (χ3n) is 4.67. The average Bonchev–Trinajstić information content (AvgIpc) is 2.95. The summed E-state index contributed by atoms with van der Waals surface area (Å²) in [6, 6.07) is 10.7. The summed E-state index contributed by atoms with van der Waals surface area (Å²) >= 11 is 0. The van der Waals surface area contributed by atoms with Crippen LogP contribution in [-0.4, -0.2) is 41.3 Å². The van der Waals surface area contributed by atoms with Gasteiger partial charge in [-0.1, -0.05) is 43.2 Å². The number of hydrogen-bond acceptors (Lipinski definition) is 3. The van der Waals surface area contributed by atoms with E-state index in [4.69, 9.17) is 4.74 Å². The number of nitrogens with zero attached hydrogens (tertiary/aromatic N) is 1. The number of aliphatic hydroxyl groups is 1. The molecule has 3 rings (SSSR count). The van der Waals surface area contributed by atoms with Gasteiger partial charge in [0.1, 0.15) is 0 Å². The van der Waals surface area contributed by atoms with E-state index in [1.807, 2.05) is 6.07 Å². The third kappa shape index (κ3) is 3.40. The van der Waals surface area contributed by atoms with Crippen molar-refractivity contribution in [3.63, 3.8) is 0 Å². The zero-order valence-corrected chi connectivity index (χ0v) is 12.1. The highest BCUT2D eigenvalue weighted by molar-refractivity contribution is 5.13. The summed E-state index contributed by atoms with van der Waals surface area (Å²) in [5.74, 6) is 0. The molecule has 0 bridgehead atoms. The first-order valence-corrected chi connectivity index (χ1v) is 7.90. The lowest BCUT2D eigenvalue weighted by Crippen LogP contribution is -2.44. The van der Waals surface area contributed by atoms with Crippen molar-refractivity contribution < 1.29 is 9.84 Å². The lowest BCUT2D eigenvalue weighted by molar-refractivity contribution is 0.00967. The summed E-state index contributed by atoms with van der Waals surface area (Å²) in [5, 5.41) is 10.1. The minimum atomic E-state index is -0.128. The van der Waals surface area contributed by atoms with E-state index in [-0.39, 0.29) is 6.10 Å². The molecule has 0 radical (unpaired) electrons. The number of hydrogen-bond donors (Lipinski definition) is 1. The first-order valence-electron chi connectivity index (χ1n) is 7.90. The summed E-state index contributed by atoms with van der Waals surface area (Å²) in [7, 11) is 0. The van der Waals surface area contributed by atoms with Gasteiger partial charge < -0.3 is 9.84 Å². The molecule has 1 aliphatic carbocycles. The second kappa shape index (κ2) is 6.70. The Bertz CT molecular complexity index is 409. The highest BCUT2D eigenvalue weighted by atomic mass is 16.5. The van der Waals surface area contributed by atoms with Gasteiger partial charge in [-0.2, -0.15) is 0 Å². The molecular weight excluding hydrogens is 250 g/mol. The molecule has 1 saturated heterocycles. The predicted molar refractivity (Wildman–Crippen MR) is 79.5 cm³/mol. The van der Waals surface area contributed by atoms with Crippen LogP contribution in [0, 0.1) is 0 Å². The van der Waals surface area contributed by atoms with E-state index >= 15 is 0 Å². The smallest absolute Gasteiger partial charge is 0.0721 e. The fraction of sp³-hybridized carbons (Fsp3) is 0.647. The van der Waals surface area contributed by atoms with E-state index in [0.717, 1.165) is 32.4 Å². The van der Waals surface area contributed by atoms with Crippen LogP contribution in [0.15, 0.2) is 30.3 Å². The Morgan fingerprint density at radius 3 is 2.70 bits per heavy atom. The highest BCUT2D eigenvalue weighted by Crippen LogP contribution is 2.27. The summed E-state index contributed by atoms with van der Waals surface area (Å²) < 4.78 is 6.02. The maximum absolute atomic E-state index is 10.1. The zero-order chi connectivity index (χ0) is 13.8. The van der Waals surface area contributed by atoms with E-state index in [9.17, 15) is 5.11 Å². The Kier molecular flexibility index (Phi) is 4.71. The van der Waals surface area contributed by atoms with Gasteiger partial charge in [-0.25, -0.2) is 0 Å². The molecule has 20 heavy (non-hydrogen) atoms. The van der Waals surface area contributed by atoms with Crippen molar-refractivity contribution in [2.24, 2.45) is 0 Å². The van der Waals surface area contributed by atoms with Crippen LogP contribution in [0.5, 0.6) is 0 Å². The van der Waals surface area contributed by atoms with Crippen molar-refractivity contribution in [2.45, 2.75) is 57.0 Å². The number of rotatable bonds is 4. The topological polar surface area (TPSA) is 32.7 Å². The number of likely N-dealkylation sites (tertiary alicyclic amines) is 1. The summed E-state index contributed by atoms with van der Waals surface area (Å²) in [5.41, 5.74) is 1.24. The van der Waals surface area contributed by atoms with Gasteiger partial charge in [0.2, 0.25) is 0 Å². The number of benzene rings is 1. The van der Waals surface area contributed by atoms with Crippen LogP contribution >= 0.6 is 0 Å². The molecular formula is C17H25NO2. The zero-order valence-electron chi connectivity index (χ0n) is 12.1. The maximum atomic E-state index is 10.1. The van der Waals surface area contributed by atoms with E-state index in [1.54, 1.807) is 0 Å². The minimum Gasteiger partial charge on any atom is -0.391 e. The third-order valence-corrected chi connectivity index (χ3v) is 4.67. The molecule has 2 unspecified atom stereocenters. The van der Waals surface area contributed by atoms with E-state index < -0.39 is 0 Å². The average molecular weight is 275 g/mol. The van der Waals surface area contributed by atoms with Gasteiger partial charge in [0.05, 0.1) is 18.8 Å². The van der Waals surface area contributed by atoms with E-state index in [2.05, 4.69) is 29.2 Å². The molecule has 110 valence electrons. The summed E-state index contributed by atoms with van der Waals surface area (Å²) in [6.07, 6.45) is 5.84. The normalized spacial score (nSPS) is 31.6. The molecule has 3 heteroatoms. The van der Waals surface area contributed by atoms with Crippen LogP contribution in [0.25, 0.3) is 0 Å². The molecule has 1 saturated carbocycles. The molecule has 2 aliphatic rings. The fourth-order valence-corrected chi connectivity index (χ4v) is 3.50. The predicted octanol–water partition coefficient (Wildman–Crippen LogP) is 2.58. The van der Waals surface area contributed by atoms with Crippen molar-refractivity contribution in [1.82, 2.24) is 4.90 Å². The van der Waals surface area contributed by atoms with Crippen LogP contribution in [0.3, 0.4) is 0 Å². The number of aliphatic hydroxyl groups excluding tert-OH is 1. The van der Waals surface area contributed by atoms with Crippen molar-refractivity contribution in [1.29, 1.82) is 0 Å². The molecule has 1 aromatic carbocycles. The second-order valence-corrected chi connectivity index (χ2v) is 6.12. The molecule has 1 N–H and O–H groups in total. The van der Waals surface area contributed by atoms with E-state index in [0.29, 0.717) is 18.8 Å². The largest absolute Gasteiger partial charge is 0.391 e. The van der Waals surface area contributed by atoms with Gasteiger partial charge in [0.15, 0.2) is 0 Å². The Morgan fingerprint density at radius 1 is 1.10 bits per heavy atom. The van der Waals surface area contributed by atoms with Crippen LogP contribution < -0.4 is 0 Å². The quantitative estimate of drug-likeness (QED) is 0.916. The Hall–Kier alpha value is -0.900. The van der Waals surface area contributed by atoms with Crippen molar-refractivity contribution >= 4 is 0 Å². The van der Waals surface area contributed by atoms with Crippen molar-refractivity contribution in [3.05, 3.63) is 35.9 Å². The van der Waals surface area contributed by atoms with Crippen molar-refractivity contribution in [2.75, 3.05) is 13.1 Å². The van der Waals surface area contributed by atoms with Gasteiger partial charge >= 0.3 is 0 Å². The summed E-state index contributed by atoms with van der Waals surface area (Å²) in [4.78, 5) is 2.44. The van der Waals surface area contributed by atoms with E-state index in [1.165, 1.54) is 18.4 Å². The van der Waals surface area contributed by atoms with Gasteiger partial charge in [-0.05, 0) is 24.8 Å². The Labute approximate surface area is 121 Å². The first-order chi connectivity index (χ1) is 9.83. The molecule has 3 nitrogen and oxygen atoms in total. The fourth-order valence-electron chi connectivity index (χ4n) is 3.50. The molecule has 0 amide bonds. The van der Waals surface area contributed by atoms with Crippen LogP contribution in [-0.2, 0) is 11.3 Å². The maximum Gasteiger partial charge on any atom is 0.0721 e. The molecule has 3 atom stereocenters. The van der Waals surface area contributed by atoms with Gasteiger partial charge in [0, 0.05) is 19.1 Å². The highest BCUT2D eigenvalue weighted by Gasteiger charge is 2.33. The second-order valence-electron chi connectivity index (χ2n) is 6.12. The Balaban J connectivity index is 1.47. The summed E-state index contributed by atoms with van der Waals surface area (Å²) in [6.45, 7) is 2.75. The van der Waals surface area contributed by atoms with Gasteiger partial charge in [-0.3, -0.25) is 4.90 Å². The lowest BCUT2D eigenvalue weighted by atomic mass is 9.91. The van der Waals surface area contributed by atoms with Crippen LogP contribution in [0.2, 0.25) is 0 Å². The lowest BCUT2D eigenvalue weighted by Gasteiger charge is -2.35. The molecule has 1 aliphatic heterocycles. The van der Waals surface area contributed by atoms with Crippen molar-refractivity contribution in [3.8, 4) is 0 Å². The molecule has 1 heterocycles. The van der Waals surface area contributed by atoms with Crippen LogP contribution in [0.4, 0.5) is 0 Å². The van der Waals surface area contributed by atoms with Gasteiger partial charge in [0.25, 0.3) is 0 Å². The molecule has 0 aromatic heterocycles. The monoisotopic (exact) mass is 275 g/mol. The Morgan fingerprint density at radius 2 is 1.90 bits per heavy atom. The SMILES string of the molecule is OC1CCCCC1N1CC[C@H](OCc2ccccc2)C1. The molecule has 1 aromatic rings. The van der Waals surface area contributed by atoms with Gasteiger partial charge in [-0.15, -0.1) is 0 Å². The standard InChI is InChI=1S/C17H25NO2/c19-17-9-5-4-8-16(17)18-11-10-15(12-18)20-13-14-6-2-1-3-7-14/h1-3,6-7,15-17,19H,4-5,8-13H2/t15-,16?,17?/m0/s1. The first kappa shape index (κ1) is 14.1. The minimum absolute atomic E-state index is 0.128. The van der Waals surface area contributed by atoms with Crippen LogP contribution in [0.1, 0.15) is 37.7 Å². The molecule has 0 spiro atoms.